The summed E-state index contributed by atoms with van der Waals surface area (Å²) in [4.78, 5) is 0. The van der Waals surface area contributed by atoms with E-state index in [4.69, 9.17) is 5.26 Å². The smallest absolute Gasteiger partial charge is 0.186 e. The normalized spacial score (nSPS) is 23.7. The highest BCUT2D eigenvalue weighted by molar-refractivity contribution is 7.92. The first-order valence-corrected chi connectivity index (χ1v) is 5.12. The van der Waals surface area contributed by atoms with Gasteiger partial charge in [0.25, 0.3) is 0 Å². The molecule has 0 saturated carbocycles. The molecule has 3 nitrogen and oxygen atoms in total. The zero-order chi connectivity index (χ0) is 7.23. The van der Waals surface area contributed by atoms with Gasteiger partial charge in [-0.1, -0.05) is 0 Å². The molecule has 0 aromatic heterocycles. The molecule has 1 rings (SSSR count). The van der Waals surface area contributed by atoms with Crippen LogP contribution in [0, 0.1) is 0 Å². The predicted molar refractivity (Wildman–Crippen MR) is 42.9 cm³/mol. The second-order valence-electron chi connectivity index (χ2n) is 2.38. The summed E-state index contributed by atoms with van der Waals surface area (Å²) >= 11 is -0.165. The van der Waals surface area contributed by atoms with Crippen molar-refractivity contribution in [2.75, 3.05) is 24.6 Å². The largest absolute Gasteiger partial charge is 0.316 e. The third kappa shape index (κ3) is 2.88. The molecular weight excluding hydrogens is 150 g/mol. The third-order valence-electron chi connectivity index (χ3n) is 1.56. The van der Waals surface area contributed by atoms with Crippen molar-refractivity contribution in [1.29, 1.82) is 0 Å². The van der Waals surface area contributed by atoms with Crippen LogP contribution in [0.1, 0.15) is 12.8 Å². The molecule has 1 saturated heterocycles. The van der Waals surface area contributed by atoms with Crippen molar-refractivity contribution < 1.29 is 9.59 Å². The van der Waals surface area contributed by atoms with Crippen molar-refractivity contribution in [3.05, 3.63) is 0 Å². The van der Waals surface area contributed by atoms with Crippen LogP contribution in [-0.4, -0.2) is 29.9 Å². The van der Waals surface area contributed by atoms with Gasteiger partial charge in [0.2, 0.25) is 0 Å². The zero-order valence-electron chi connectivity index (χ0n) is 6.01. The lowest BCUT2D eigenvalue weighted by Crippen LogP contribution is -2.27. The van der Waals surface area contributed by atoms with Crippen molar-refractivity contribution in [3.8, 4) is 0 Å². The second kappa shape index (κ2) is 4.96. The Morgan fingerprint density at radius 2 is 1.80 bits per heavy atom. The maximum absolute atomic E-state index is 8.40. The maximum atomic E-state index is 8.40. The predicted octanol–water partition coefficient (Wildman–Crippen LogP) is 0.393. The molecule has 0 aromatic rings. The Balaban J connectivity index is 2.16. The van der Waals surface area contributed by atoms with E-state index in [-0.39, 0.29) is 11.2 Å². The molecule has 0 unspecified atom stereocenters. The van der Waals surface area contributed by atoms with Gasteiger partial charge in [-0.05, 0) is 17.4 Å². The quantitative estimate of drug-likeness (QED) is 0.335. The van der Waals surface area contributed by atoms with Gasteiger partial charge in [-0.3, -0.25) is 0 Å². The van der Waals surface area contributed by atoms with Gasteiger partial charge in [0, 0.05) is 12.8 Å². The molecule has 0 spiro atoms. The lowest BCUT2D eigenvalue weighted by atomic mass is 10.4. The van der Waals surface area contributed by atoms with E-state index < -0.39 is 0 Å². The van der Waals surface area contributed by atoms with Crippen LogP contribution >= 0.6 is 0 Å². The Morgan fingerprint density at radius 1 is 1.20 bits per heavy atom. The van der Waals surface area contributed by atoms with Crippen LogP contribution in [-0.2, 0) is 15.5 Å². The van der Waals surface area contributed by atoms with E-state index in [9.17, 15) is 0 Å². The van der Waals surface area contributed by atoms with Gasteiger partial charge >= 0.3 is 0 Å². The van der Waals surface area contributed by atoms with Gasteiger partial charge in [0.05, 0.1) is 0 Å². The Labute approximate surface area is 64.2 Å². The van der Waals surface area contributed by atoms with E-state index >= 15 is 0 Å². The molecule has 1 aliphatic heterocycles. The summed E-state index contributed by atoms with van der Waals surface area (Å²) < 4.78 is 4.33. The molecule has 0 aliphatic carbocycles. The summed E-state index contributed by atoms with van der Waals surface area (Å²) in [5.74, 6) is 2.01. The van der Waals surface area contributed by atoms with E-state index in [0.717, 1.165) is 37.4 Å². The van der Waals surface area contributed by atoms with Gasteiger partial charge in [-0.25, -0.2) is 5.26 Å². The number of nitrogens with one attached hydrogen (secondary N) is 1. The van der Waals surface area contributed by atoms with Gasteiger partial charge in [-0.2, -0.15) is 0 Å². The standard InChI is InChI=1S/C6H13NO2S/c8-9-10-5-1-3-7-4-2-6-10/h7H,1-6H2/p+1. The summed E-state index contributed by atoms with van der Waals surface area (Å²) in [6.07, 6.45) is 2.23. The van der Waals surface area contributed by atoms with Crippen LogP contribution in [0.5, 0.6) is 0 Å². The Hall–Kier alpha value is 0.230. The summed E-state index contributed by atoms with van der Waals surface area (Å²) in [6.45, 7) is 2.12. The maximum Gasteiger partial charge on any atom is 0.186 e. The zero-order valence-corrected chi connectivity index (χ0v) is 6.82. The molecule has 0 amide bonds. The van der Waals surface area contributed by atoms with Crippen LogP contribution in [0.2, 0.25) is 0 Å². The number of hydrogen-bond donors (Lipinski definition) is 2. The molecule has 10 heavy (non-hydrogen) atoms. The van der Waals surface area contributed by atoms with Gasteiger partial charge in [0.1, 0.15) is 11.5 Å². The molecule has 2 N–H and O–H groups in total. The topological polar surface area (TPSA) is 41.5 Å². The van der Waals surface area contributed by atoms with Crippen molar-refractivity contribution >= 4 is 11.2 Å². The van der Waals surface area contributed by atoms with Crippen LogP contribution in [0.4, 0.5) is 0 Å². The van der Waals surface area contributed by atoms with E-state index in [0.29, 0.717) is 0 Å². The monoisotopic (exact) mass is 164 g/mol. The molecule has 4 heteroatoms. The van der Waals surface area contributed by atoms with Crippen LogP contribution in [0.15, 0.2) is 0 Å². The van der Waals surface area contributed by atoms with E-state index in [2.05, 4.69) is 9.65 Å². The SMILES string of the molecule is OO[S+]1CCCNCCC1. The molecule has 60 valence electrons. The first-order valence-electron chi connectivity index (χ1n) is 3.63. The summed E-state index contributed by atoms with van der Waals surface area (Å²) in [6, 6.07) is 0. The van der Waals surface area contributed by atoms with Gasteiger partial charge in [0.15, 0.2) is 11.2 Å². The van der Waals surface area contributed by atoms with Crippen LogP contribution < -0.4 is 5.32 Å². The number of rotatable bonds is 1. The average molecular weight is 164 g/mol. The minimum atomic E-state index is -0.165. The van der Waals surface area contributed by atoms with E-state index in [1.165, 1.54) is 0 Å². The molecule has 1 fully saturated rings. The van der Waals surface area contributed by atoms with Gasteiger partial charge in [-0.15, -0.1) is 0 Å². The molecule has 1 aliphatic rings. The molecular formula is C6H14NO2S+. The first kappa shape index (κ1) is 8.33. The molecule has 0 atom stereocenters. The van der Waals surface area contributed by atoms with E-state index in [1.807, 2.05) is 0 Å². The Bertz CT molecular complexity index is 83.8. The highest BCUT2D eigenvalue weighted by Crippen LogP contribution is 2.03. The number of hydrogen-bond acceptors (Lipinski definition) is 3. The molecule has 0 bridgehead atoms. The fourth-order valence-electron chi connectivity index (χ4n) is 1.02. The average Bonchev–Trinajstić information content (AvgIpc) is 1.87. The highest BCUT2D eigenvalue weighted by atomic mass is 32.2. The summed E-state index contributed by atoms with van der Waals surface area (Å²) in [5.41, 5.74) is 0. The summed E-state index contributed by atoms with van der Waals surface area (Å²) in [7, 11) is 0. The van der Waals surface area contributed by atoms with E-state index in [1.54, 1.807) is 0 Å². The second-order valence-corrected chi connectivity index (χ2v) is 4.22. The molecule has 0 aromatic carbocycles. The lowest BCUT2D eigenvalue weighted by molar-refractivity contribution is -0.122. The van der Waals surface area contributed by atoms with Crippen molar-refractivity contribution in [2.24, 2.45) is 0 Å². The molecule has 1 heterocycles. The Kier molecular flexibility index (Phi) is 4.13. The van der Waals surface area contributed by atoms with Crippen molar-refractivity contribution in [3.63, 3.8) is 0 Å². The van der Waals surface area contributed by atoms with Crippen molar-refractivity contribution in [1.82, 2.24) is 5.32 Å². The minimum Gasteiger partial charge on any atom is -0.316 e. The Morgan fingerprint density at radius 3 is 2.30 bits per heavy atom. The first-order chi connectivity index (χ1) is 4.93. The highest BCUT2D eigenvalue weighted by Gasteiger charge is 2.20. The van der Waals surface area contributed by atoms with Gasteiger partial charge < -0.3 is 5.32 Å². The van der Waals surface area contributed by atoms with Crippen LogP contribution in [0.25, 0.3) is 0 Å². The van der Waals surface area contributed by atoms with Crippen molar-refractivity contribution in [2.45, 2.75) is 12.8 Å². The molecule has 0 radical (unpaired) electrons. The lowest BCUT2D eigenvalue weighted by Gasteiger charge is -2.08. The fraction of sp³-hybridized carbons (Fsp3) is 1.00. The minimum absolute atomic E-state index is 0.165. The summed E-state index contributed by atoms with van der Waals surface area (Å²) in [5, 5.41) is 11.7. The fourth-order valence-corrected chi connectivity index (χ4v) is 2.30. The van der Waals surface area contributed by atoms with Crippen LogP contribution in [0.3, 0.4) is 0 Å². The third-order valence-corrected chi connectivity index (χ3v) is 3.26.